The summed E-state index contributed by atoms with van der Waals surface area (Å²) in [5.41, 5.74) is 2.21. The third-order valence-electron chi connectivity index (χ3n) is 4.37. The third-order valence-corrected chi connectivity index (χ3v) is 6.03. The zero-order valence-electron chi connectivity index (χ0n) is 17.6. The van der Waals surface area contributed by atoms with E-state index in [0.717, 1.165) is 12.0 Å². The molecule has 0 saturated carbocycles. The van der Waals surface area contributed by atoms with E-state index in [4.69, 9.17) is 4.74 Å². The van der Waals surface area contributed by atoms with Crippen LogP contribution in [0, 0.1) is 0 Å². The maximum atomic E-state index is 12.3. The Morgan fingerprint density at radius 1 is 1.03 bits per heavy atom. The fraction of sp³-hybridized carbons (Fsp3) is 0.364. The highest BCUT2D eigenvalue weighted by Gasteiger charge is 2.18. The second-order valence-corrected chi connectivity index (χ2v) is 8.98. The number of amides is 1. The van der Waals surface area contributed by atoms with Crippen LogP contribution in [-0.2, 0) is 26.0 Å². The Morgan fingerprint density at radius 2 is 1.70 bits per heavy atom. The summed E-state index contributed by atoms with van der Waals surface area (Å²) in [5, 5.41) is 2.78. The van der Waals surface area contributed by atoms with Crippen LogP contribution in [-0.4, -0.2) is 32.9 Å². The fourth-order valence-electron chi connectivity index (χ4n) is 2.79. The lowest BCUT2D eigenvalue weighted by atomic mass is 10.1. The predicted octanol–water partition coefficient (Wildman–Crippen LogP) is 2.97. The third kappa shape index (κ3) is 6.67. The van der Waals surface area contributed by atoms with E-state index >= 15 is 0 Å². The number of benzene rings is 2. The highest BCUT2D eigenvalue weighted by molar-refractivity contribution is 7.89. The van der Waals surface area contributed by atoms with E-state index in [2.05, 4.69) is 17.0 Å². The van der Waals surface area contributed by atoms with Gasteiger partial charge in [-0.05, 0) is 56.5 Å². The molecule has 2 aromatic rings. The molecule has 0 spiro atoms. The number of hydrogen-bond acceptors (Lipinski definition) is 5. The number of sulfonamides is 1. The van der Waals surface area contributed by atoms with Gasteiger partial charge < -0.3 is 10.1 Å². The Bertz CT molecular complexity index is 985. The molecular formula is C22H28N2O5S. The summed E-state index contributed by atoms with van der Waals surface area (Å²) < 4.78 is 32.0. The smallest absolute Gasteiger partial charge is 0.338 e. The molecule has 2 rings (SSSR count). The molecule has 0 bridgehead atoms. The van der Waals surface area contributed by atoms with Crippen molar-refractivity contribution in [3.8, 4) is 0 Å². The number of carbonyl (C=O) groups excluding carboxylic acids is 2. The number of rotatable bonds is 9. The molecule has 8 heteroatoms. The molecule has 0 radical (unpaired) electrons. The van der Waals surface area contributed by atoms with Gasteiger partial charge in [0, 0.05) is 6.04 Å². The van der Waals surface area contributed by atoms with E-state index in [1.165, 1.54) is 29.8 Å². The van der Waals surface area contributed by atoms with Gasteiger partial charge in [-0.2, -0.15) is 0 Å². The second-order valence-electron chi connectivity index (χ2n) is 7.26. The maximum Gasteiger partial charge on any atom is 0.338 e. The Balaban J connectivity index is 1.95. The molecule has 0 aliphatic heterocycles. The van der Waals surface area contributed by atoms with Crippen molar-refractivity contribution < 1.29 is 22.7 Å². The first-order valence-corrected chi connectivity index (χ1v) is 11.3. The first-order chi connectivity index (χ1) is 14.1. The van der Waals surface area contributed by atoms with Gasteiger partial charge in [0.05, 0.1) is 16.5 Å². The van der Waals surface area contributed by atoms with E-state index in [1.54, 1.807) is 13.8 Å². The van der Waals surface area contributed by atoms with Gasteiger partial charge in [-0.3, -0.25) is 4.79 Å². The summed E-state index contributed by atoms with van der Waals surface area (Å²) >= 11 is 0. The molecule has 0 unspecified atom stereocenters. The first kappa shape index (κ1) is 23.6. The van der Waals surface area contributed by atoms with Gasteiger partial charge in [-0.25, -0.2) is 17.9 Å². The van der Waals surface area contributed by atoms with Crippen molar-refractivity contribution >= 4 is 21.9 Å². The number of carbonyl (C=O) groups is 2. The van der Waals surface area contributed by atoms with Crippen LogP contribution in [0.2, 0.25) is 0 Å². The molecule has 2 aromatic carbocycles. The minimum absolute atomic E-state index is 0.0424. The number of nitrogens with one attached hydrogen (secondary N) is 2. The molecule has 0 saturated heterocycles. The van der Waals surface area contributed by atoms with Crippen LogP contribution in [0.1, 0.15) is 55.2 Å². The van der Waals surface area contributed by atoms with Gasteiger partial charge in [0.2, 0.25) is 10.0 Å². The van der Waals surface area contributed by atoms with Crippen LogP contribution >= 0.6 is 0 Å². The molecular weight excluding hydrogens is 404 g/mol. The van der Waals surface area contributed by atoms with Gasteiger partial charge in [-0.15, -0.1) is 0 Å². The highest BCUT2D eigenvalue weighted by Crippen LogP contribution is 2.15. The number of hydrogen-bond donors (Lipinski definition) is 2. The van der Waals surface area contributed by atoms with E-state index in [1.807, 2.05) is 31.2 Å². The molecule has 0 aliphatic rings. The average Bonchev–Trinajstić information content (AvgIpc) is 2.71. The lowest BCUT2D eigenvalue weighted by Gasteiger charge is -2.15. The molecule has 0 fully saturated rings. The minimum atomic E-state index is -3.74. The summed E-state index contributed by atoms with van der Waals surface area (Å²) in [7, 11) is -3.74. The van der Waals surface area contributed by atoms with Crippen LogP contribution in [0.15, 0.2) is 53.4 Å². The van der Waals surface area contributed by atoms with Crippen LogP contribution in [0.25, 0.3) is 0 Å². The number of ether oxygens (including phenoxy) is 1. The zero-order chi connectivity index (χ0) is 22.3. The van der Waals surface area contributed by atoms with Crippen molar-refractivity contribution in [2.24, 2.45) is 0 Å². The van der Waals surface area contributed by atoms with Gasteiger partial charge in [0.1, 0.15) is 0 Å². The van der Waals surface area contributed by atoms with Crippen molar-refractivity contribution in [2.45, 2.75) is 51.1 Å². The standard InChI is InChI=1S/C22H28N2O5S/c1-5-17-9-11-18(12-10-17)16(4)23-21(25)14-29-22(26)19-7-6-8-20(13-19)30(27,28)24-15(2)3/h6-13,15-16,24H,5,14H2,1-4H3,(H,23,25)/t16-/m1/s1. The van der Waals surface area contributed by atoms with Gasteiger partial charge in [-0.1, -0.05) is 37.3 Å². The Kier molecular flexibility index (Phi) is 8.14. The minimum Gasteiger partial charge on any atom is -0.452 e. The molecule has 0 aliphatic carbocycles. The topological polar surface area (TPSA) is 102 Å². The van der Waals surface area contributed by atoms with Gasteiger partial charge in [0.25, 0.3) is 5.91 Å². The summed E-state index contributed by atoms with van der Waals surface area (Å²) in [6, 6.07) is 12.9. The Morgan fingerprint density at radius 3 is 2.30 bits per heavy atom. The molecule has 162 valence electrons. The zero-order valence-corrected chi connectivity index (χ0v) is 18.5. The molecule has 1 amide bonds. The van der Waals surface area contributed by atoms with Crippen molar-refractivity contribution in [1.29, 1.82) is 0 Å². The molecule has 0 heterocycles. The van der Waals surface area contributed by atoms with E-state index in [-0.39, 0.29) is 22.5 Å². The second kappa shape index (κ2) is 10.4. The van der Waals surface area contributed by atoms with Crippen molar-refractivity contribution in [3.63, 3.8) is 0 Å². The van der Waals surface area contributed by atoms with Crippen LogP contribution in [0.5, 0.6) is 0 Å². The van der Waals surface area contributed by atoms with Crippen molar-refractivity contribution in [3.05, 3.63) is 65.2 Å². The van der Waals surface area contributed by atoms with E-state index in [0.29, 0.717) is 0 Å². The highest BCUT2D eigenvalue weighted by atomic mass is 32.2. The van der Waals surface area contributed by atoms with Crippen LogP contribution < -0.4 is 10.0 Å². The lowest BCUT2D eigenvalue weighted by Crippen LogP contribution is -2.31. The molecule has 7 nitrogen and oxygen atoms in total. The summed E-state index contributed by atoms with van der Waals surface area (Å²) in [5.74, 6) is -1.22. The number of esters is 1. The van der Waals surface area contributed by atoms with E-state index in [9.17, 15) is 18.0 Å². The fourth-order valence-corrected chi connectivity index (χ4v) is 4.09. The van der Waals surface area contributed by atoms with Crippen molar-refractivity contribution in [2.75, 3.05) is 6.61 Å². The van der Waals surface area contributed by atoms with Crippen molar-refractivity contribution in [1.82, 2.24) is 10.0 Å². The summed E-state index contributed by atoms with van der Waals surface area (Å²) in [4.78, 5) is 24.4. The number of aryl methyl sites for hydroxylation is 1. The average molecular weight is 433 g/mol. The Hall–Kier alpha value is -2.71. The quantitative estimate of drug-likeness (QED) is 0.593. The monoisotopic (exact) mass is 432 g/mol. The van der Waals surface area contributed by atoms with Gasteiger partial charge >= 0.3 is 5.97 Å². The lowest BCUT2D eigenvalue weighted by molar-refractivity contribution is -0.124. The largest absolute Gasteiger partial charge is 0.452 e. The van der Waals surface area contributed by atoms with E-state index < -0.39 is 28.5 Å². The molecule has 0 aromatic heterocycles. The maximum absolute atomic E-state index is 12.3. The Labute approximate surface area is 177 Å². The summed E-state index contributed by atoms with van der Waals surface area (Å²) in [6.07, 6.45) is 0.938. The SMILES string of the molecule is CCc1ccc([C@@H](C)NC(=O)COC(=O)c2cccc(S(=O)(=O)NC(C)C)c2)cc1. The van der Waals surface area contributed by atoms with Crippen LogP contribution in [0.4, 0.5) is 0 Å². The molecule has 2 N–H and O–H groups in total. The van der Waals surface area contributed by atoms with Crippen LogP contribution in [0.3, 0.4) is 0 Å². The molecule has 1 atom stereocenters. The summed E-state index contributed by atoms with van der Waals surface area (Å²) in [6.45, 7) is 6.86. The predicted molar refractivity (Wildman–Crippen MR) is 115 cm³/mol. The normalized spacial score (nSPS) is 12.4. The first-order valence-electron chi connectivity index (χ1n) is 9.80. The van der Waals surface area contributed by atoms with Gasteiger partial charge in [0.15, 0.2) is 6.61 Å². The molecule has 30 heavy (non-hydrogen) atoms.